The maximum absolute atomic E-state index is 13.1. The van der Waals surface area contributed by atoms with Gasteiger partial charge in [0, 0.05) is 23.2 Å². The molecule has 2 aromatic carbocycles. The van der Waals surface area contributed by atoms with Crippen molar-refractivity contribution in [2.24, 2.45) is 5.73 Å². The van der Waals surface area contributed by atoms with E-state index >= 15 is 0 Å². The molecule has 2 atom stereocenters. The first kappa shape index (κ1) is 27.8. The van der Waals surface area contributed by atoms with Gasteiger partial charge in [0.2, 0.25) is 5.82 Å². The number of amides is 1. The summed E-state index contributed by atoms with van der Waals surface area (Å²) in [6.07, 6.45) is 3.87. The molecule has 13 heteroatoms. The number of aryl methyl sites for hydroxylation is 1. The largest absolute Gasteiger partial charge is 0.370 e. The summed E-state index contributed by atoms with van der Waals surface area (Å²) >= 11 is 0. The highest BCUT2D eigenvalue weighted by atomic mass is 35.5. The molecule has 0 aliphatic heterocycles. The Kier molecular flexibility index (Phi) is 8.61. The van der Waals surface area contributed by atoms with Crippen molar-refractivity contribution in [3.05, 3.63) is 58.3 Å². The number of H-pyrrole nitrogens is 2. The second kappa shape index (κ2) is 11.5. The summed E-state index contributed by atoms with van der Waals surface area (Å²) < 4.78 is 0. The zero-order chi connectivity index (χ0) is 24.5. The molecule has 0 bridgehead atoms. The molecule has 1 saturated carbocycles. The van der Waals surface area contributed by atoms with Crippen LogP contribution in [0.15, 0.2) is 41.2 Å². The fourth-order valence-electron chi connectivity index (χ4n) is 4.60. The van der Waals surface area contributed by atoms with E-state index < -0.39 is 5.91 Å². The van der Waals surface area contributed by atoms with Gasteiger partial charge in [0.05, 0.1) is 16.6 Å². The second-order valence-electron chi connectivity index (χ2n) is 8.91. The fraction of sp³-hybridized carbons (Fsp3) is 0.292. The molecule has 196 valence electrons. The minimum atomic E-state index is -0.463. The molecule has 4 aromatic rings. The van der Waals surface area contributed by atoms with Crippen molar-refractivity contribution in [1.82, 2.24) is 25.3 Å². The predicted molar refractivity (Wildman–Crippen MR) is 150 cm³/mol. The third-order valence-electron chi connectivity index (χ3n) is 6.26. The van der Waals surface area contributed by atoms with Gasteiger partial charge in [0.1, 0.15) is 5.82 Å². The Morgan fingerprint density at radius 2 is 1.76 bits per heavy atom. The van der Waals surface area contributed by atoms with Crippen molar-refractivity contribution < 1.29 is 4.79 Å². The van der Waals surface area contributed by atoms with Crippen LogP contribution in [0.25, 0.3) is 21.9 Å². The highest BCUT2D eigenvalue weighted by Crippen LogP contribution is 2.27. The number of fused-ring (bicyclic) bond motifs is 2. The summed E-state index contributed by atoms with van der Waals surface area (Å²) in [7, 11) is 0. The molecule has 37 heavy (non-hydrogen) atoms. The molecule has 1 aliphatic rings. The number of carbonyl (C=O) groups excluding carboxylic acids is 1. The Balaban J connectivity index is 0.00000190. The van der Waals surface area contributed by atoms with Crippen LogP contribution in [0, 0.1) is 12.3 Å². The van der Waals surface area contributed by atoms with Crippen LogP contribution in [0.4, 0.5) is 11.5 Å². The molecular weight excluding hydrogens is 517 g/mol. The third-order valence-corrected chi connectivity index (χ3v) is 6.26. The lowest BCUT2D eigenvalue weighted by Crippen LogP contribution is -2.50. The Morgan fingerprint density at radius 3 is 2.51 bits per heavy atom. The number of imidazole rings is 1. The van der Waals surface area contributed by atoms with Crippen LogP contribution in [0.2, 0.25) is 0 Å². The van der Waals surface area contributed by atoms with Crippen LogP contribution in [0.1, 0.15) is 41.9 Å². The topological polar surface area (TPSA) is 177 Å². The lowest BCUT2D eigenvalue weighted by molar-refractivity contribution is 0.101. The van der Waals surface area contributed by atoms with E-state index in [-0.39, 0.29) is 54.4 Å². The van der Waals surface area contributed by atoms with Gasteiger partial charge in [-0.05, 0) is 50.1 Å². The Morgan fingerprint density at radius 1 is 1.03 bits per heavy atom. The Labute approximate surface area is 224 Å². The van der Waals surface area contributed by atoms with Crippen LogP contribution in [0.5, 0.6) is 0 Å². The molecule has 1 aliphatic carbocycles. The number of nitrogens with zero attached hydrogens (tertiary/aromatic N) is 2. The molecule has 0 radical (unpaired) electrons. The van der Waals surface area contributed by atoms with Gasteiger partial charge >= 0.3 is 5.69 Å². The number of nitrogens with two attached hydrogens (primary N) is 1. The molecule has 8 N–H and O–H groups in total. The average Bonchev–Trinajstić information content (AvgIpc) is 3.19. The summed E-state index contributed by atoms with van der Waals surface area (Å²) in [5, 5.41) is 17.8. The van der Waals surface area contributed by atoms with Crippen LogP contribution in [-0.2, 0) is 0 Å². The second-order valence-corrected chi connectivity index (χ2v) is 8.91. The number of rotatable bonds is 5. The van der Waals surface area contributed by atoms with Gasteiger partial charge in [-0.3, -0.25) is 10.2 Å². The molecule has 2 heterocycles. The zero-order valence-electron chi connectivity index (χ0n) is 20.1. The Hall–Kier alpha value is -3.83. The van der Waals surface area contributed by atoms with E-state index in [1.54, 1.807) is 18.2 Å². The fourth-order valence-corrected chi connectivity index (χ4v) is 4.60. The van der Waals surface area contributed by atoms with E-state index in [1.165, 1.54) is 0 Å². The number of nitrogens with one attached hydrogen (secondary N) is 6. The third kappa shape index (κ3) is 6.12. The summed E-state index contributed by atoms with van der Waals surface area (Å²) in [5.41, 5.74) is 8.75. The van der Waals surface area contributed by atoms with Crippen molar-refractivity contribution >= 4 is 70.1 Å². The number of benzene rings is 2. The maximum atomic E-state index is 13.1. The monoisotopic (exact) mass is 545 g/mol. The predicted octanol–water partition coefficient (Wildman–Crippen LogP) is 3.41. The quantitative estimate of drug-likeness (QED) is 0.148. The van der Waals surface area contributed by atoms with Crippen LogP contribution in [0.3, 0.4) is 0 Å². The first-order valence-electron chi connectivity index (χ1n) is 11.5. The van der Waals surface area contributed by atoms with Crippen LogP contribution in [-0.4, -0.2) is 43.9 Å². The Bertz CT molecular complexity index is 1500. The SMILES string of the molecule is Cc1ccc2nc(C(=O)Nc3ccc4[nH]c(=O)[nH]c4c3)nc(N[C@H]3CCCC[C@H]3NC(=N)N)c2c1.Cl.Cl. The normalized spacial score (nSPS) is 16.9. The minimum absolute atomic E-state index is 0. The van der Waals surface area contributed by atoms with Gasteiger partial charge in [0.25, 0.3) is 5.91 Å². The standard InChI is InChI=1S/C24H27N9O2.2ClH/c1-12-6-8-15-14(10-12)20(29-16-4-2-3-5-17(16)30-23(25)26)33-21(28-15)22(34)27-13-7-9-18-19(11-13)32-24(35)31-18;;/h6-11,16-17H,2-5H2,1H3,(H,27,34)(H4,25,26,30)(H,28,29,33)(H2,31,32,35);2*1H/t16-,17+;;/m0../s1. The number of hydrogen-bond donors (Lipinski definition) is 7. The van der Waals surface area contributed by atoms with Crippen LogP contribution < -0.4 is 27.4 Å². The van der Waals surface area contributed by atoms with E-state index in [0.29, 0.717) is 28.1 Å². The van der Waals surface area contributed by atoms with E-state index in [1.807, 2.05) is 25.1 Å². The lowest BCUT2D eigenvalue weighted by Gasteiger charge is -2.33. The molecule has 0 unspecified atom stereocenters. The first-order valence-corrected chi connectivity index (χ1v) is 11.5. The van der Waals surface area contributed by atoms with Crippen molar-refractivity contribution in [1.29, 1.82) is 5.41 Å². The number of guanidine groups is 1. The molecule has 0 spiro atoms. The molecule has 11 nitrogen and oxygen atoms in total. The summed E-state index contributed by atoms with van der Waals surface area (Å²) in [6, 6.07) is 10.9. The molecule has 1 fully saturated rings. The van der Waals surface area contributed by atoms with Crippen molar-refractivity contribution in [2.75, 3.05) is 10.6 Å². The van der Waals surface area contributed by atoms with E-state index in [4.69, 9.17) is 11.1 Å². The molecular formula is C24H29Cl2N9O2. The lowest BCUT2D eigenvalue weighted by atomic mass is 9.90. The number of carbonyl (C=O) groups is 1. The van der Waals surface area contributed by atoms with Crippen molar-refractivity contribution in [2.45, 2.75) is 44.7 Å². The van der Waals surface area contributed by atoms with Gasteiger partial charge in [-0.15, -0.1) is 24.8 Å². The van der Waals surface area contributed by atoms with E-state index in [9.17, 15) is 9.59 Å². The van der Waals surface area contributed by atoms with Gasteiger partial charge in [-0.1, -0.05) is 24.5 Å². The number of halogens is 2. The summed E-state index contributed by atoms with van der Waals surface area (Å²) in [5.74, 6) is 0.0672. The summed E-state index contributed by atoms with van der Waals surface area (Å²) in [6.45, 7) is 1.99. The average molecular weight is 546 g/mol. The van der Waals surface area contributed by atoms with Gasteiger partial charge in [-0.2, -0.15) is 0 Å². The number of aromatic nitrogens is 4. The number of hydrogen-bond acceptors (Lipinski definition) is 6. The first-order chi connectivity index (χ1) is 16.9. The highest BCUT2D eigenvalue weighted by Gasteiger charge is 2.27. The number of aromatic amines is 2. The zero-order valence-corrected chi connectivity index (χ0v) is 21.7. The van der Waals surface area contributed by atoms with Crippen molar-refractivity contribution in [3.8, 4) is 0 Å². The summed E-state index contributed by atoms with van der Waals surface area (Å²) in [4.78, 5) is 39.1. The van der Waals surface area contributed by atoms with Crippen molar-refractivity contribution in [3.63, 3.8) is 0 Å². The smallest absolute Gasteiger partial charge is 0.323 e. The molecule has 5 rings (SSSR count). The van der Waals surface area contributed by atoms with Gasteiger partial charge in [-0.25, -0.2) is 14.8 Å². The van der Waals surface area contributed by atoms with Gasteiger partial charge in [0.15, 0.2) is 5.96 Å². The van der Waals surface area contributed by atoms with E-state index in [2.05, 4.69) is 35.9 Å². The highest BCUT2D eigenvalue weighted by molar-refractivity contribution is 6.04. The van der Waals surface area contributed by atoms with E-state index in [0.717, 1.165) is 36.6 Å². The molecule has 1 amide bonds. The minimum Gasteiger partial charge on any atom is -0.370 e. The molecule has 2 aromatic heterocycles. The maximum Gasteiger partial charge on any atom is 0.323 e. The molecule has 0 saturated heterocycles. The van der Waals surface area contributed by atoms with Gasteiger partial charge < -0.3 is 31.7 Å². The number of anilines is 2. The van der Waals surface area contributed by atoms with Crippen LogP contribution >= 0.6 is 24.8 Å².